The van der Waals surface area contributed by atoms with Gasteiger partial charge in [-0.25, -0.2) is 9.98 Å². The van der Waals surface area contributed by atoms with Gasteiger partial charge in [-0.2, -0.15) is 0 Å². The molecule has 2 N–H and O–H groups in total. The highest BCUT2D eigenvalue weighted by Crippen LogP contribution is 2.10. The summed E-state index contributed by atoms with van der Waals surface area (Å²) in [5, 5.41) is 6.54. The van der Waals surface area contributed by atoms with Crippen LogP contribution in [0.3, 0.4) is 0 Å². The largest absolute Gasteiger partial charge is 0.444 e. The molecule has 0 aliphatic carbocycles. The van der Waals surface area contributed by atoms with Crippen molar-refractivity contribution in [3.63, 3.8) is 0 Å². The number of nitrogens with one attached hydrogen (secondary N) is 2. The third kappa shape index (κ3) is 7.60. The van der Waals surface area contributed by atoms with Gasteiger partial charge < -0.3 is 19.8 Å². The van der Waals surface area contributed by atoms with Gasteiger partial charge in [0.05, 0.1) is 32.0 Å². The Balaban J connectivity index is 0.00000300. The molecular weight excluding hydrogens is 481 g/mol. The SMILES string of the molecule is CCNC(=NCc1ccc(CN2CCOCC2)cc1)NCc1nc(C)c(C)o1.I. The van der Waals surface area contributed by atoms with Crippen molar-refractivity contribution in [2.75, 3.05) is 32.8 Å². The van der Waals surface area contributed by atoms with Crippen LogP contribution in [0.5, 0.6) is 0 Å². The lowest BCUT2D eigenvalue weighted by atomic mass is 10.1. The molecule has 2 aromatic rings. The number of hydrogen-bond donors (Lipinski definition) is 2. The zero-order valence-electron chi connectivity index (χ0n) is 17.5. The Kier molecular flexibility index (Phi) is 9.89. The number of guanidine groups is 1. The van der Waals surface area contributed by atoms with Crippen LogP contribution in [0.2, 0.25) is 0 Å². The van der Waals surface area contributed by atoms with Gasteiger partial charge in [0.15, 0.2) is 5.96 Å². The van der Waals surface area contributed by atoms with Crippen LogP contribution in [-0.2, 0) is 24.4 Å². The Morgan fingerprint density at radius 2 is 1.79 bits per heavy atom. The van der Waals surface area contributed by atoms with Crippen molar-refractivity contribution in [1.29, 1.82) is 0 Å². The van der Waals surface area contributed by atoms with Crippen molar-refractivity contribution in [2.24, 2.45) is 4.99 Å². The second-order valence-electron chi connectivity index (χ2n) is 7.00. The molecule has 29 heavy (non-hydrogen) atoms. The van der Waals surface area contributed by atoms with E-state index >= 15 is 0 Å². The second kappa shape index (κ2) is 12.1. The summed E-state index contributed by atoms with van der Waals surface area (Å²) in [4.78, 5) is 11.5. The lowest BCUT2D eigenvalue weighted by molar-refractivity contribution is 0.0342. The van der Waals surface area contributed by atoms with Crippen molar-refractivity contribution in [3.05, 3.63) is 52.7 Å². The number of benzene rings is 1. The van der Waals surface area contributed by atoms with Gasteiger partial charge in [0.25, 0.3) is 0 Å². The van der Waals surface area contributed by atoms with Gasteiger partial charge in [-0.15, -0.1) is 24.0 Å². The molecule has 0 unspecified atom stereocenters. The summed E-state index contributed by atoms with van der Waals surface area (Å²) in [7, 11) is 0. The van der Waals surface area contributed by atoms with Gasteiger partial charge in [-0.1, -0.05) is 24.3 Å². The topological polar surface area (TPSA) is 74.9 Å². The van der Waals surface area contributed by atoms with Gasteiger partial charge in [-0.3, -0.25) is 4.90 Å². The highest BCUT2D eigenvalue weighted by molar-refractivity contribution is 14.0. The molecule has 0 saturated carbocycles. The molecule has 0 atom stereocenters. The van der Waals surface area contributed by atoms with E-state index in [0.29, 0.717) is 19.0 Å². The number of rotatable bonds is 7. The first-order valence-corrected chi connectivity index (χ1v) is 9.97. The van der Waals surface area contributed by atoms with E-state index in [2.05, 4.69) is 56.7 Å². The molecule has 1 saturated heterocycles. The summed E-state index contributed by atoms with van der Waals surface area (Å²) in [6, 6.07) is 8.70. The lowest BCUT2D eigenvalue weighted by Crippen LogP contribution is -2.36. The molecule has 1 fully saturated rings. The molecule has 1 aliphatic heterocycles. The van der Waals surface area contributed by atoms with E-state index in [-0.39, 0.29) is 24.0 Å². The van der Waals surface area contributed by atoms with Gasteiger partial charge in [-0.05, 0) is 31.9 Å². The van der Waals surface area contributed by atoms with Gasteiger partial charge in [0.1, 0.15) is 5.76 Å². The first-order valence-electron chi connectivity index (χ1n) is 9.97. The van der Waals surface area contributed by atoms with Gasteiger partial charge in [0, 0.05) is 26.2 Å². The fourth-order valence-electron chi connectivity index (χ4n) is 3.05. The van der Waals surface area contributed by atoms with Gasteiger partial charge >= 0.3 is 0 Å². The van der Waals surface area contributed by atoms with Crippen LogP contribution in [0.15, 0.2) is 33.7 Å². The molecule has 3 rings (SSSR count). The predicted molar refractivity (Wildman–Crippen MR) is 126 cm³/mol. The smallest absolute Gasteiger partial charge is 0.214 e. The highest BCUT2D eigenvalue weighted by Gasteiger charge is 2.10. The van der Waals surface area contributed by atoms with Crippen molar-refractivity contribution in [1.82, 2.24) is 20.5 Å². The fraction of sp³-hybridized carbons (Fsp3) is 0.524. The van der Waals surface area contributed by atoms with Crippen LogP contribution in [-0.4, -0.2) is 48.7 Å². The van der Waals surface area contributed by atoms with E-state index in [9.17, 15) is 0 Å². The molecule has 0 spiro atoms. The van der Waals surface area contributed by atoms with Crippen LogP contribution >= 0.6 is 24.0 Å². The Morgan fingerprint density at radius 1 is 1.10 bits per heavy atom. The minimum atomic E-state index is 0. The van der Waals surface area contributed by atoms with E-state index in [1.807, 2.05) is 13.8 Å². The number of morpholine rings is 1. The van der Waals surface area contributed by atoms with Crippen molar-refractivity contribution in [2.45, 2.75) is 40.4 Å². The van der Waals surface area contributed by atoms with Crippen LogP contribution in [0.4, 0.5) is 0 Å². The average Bonchev–Trinajstić information content (AvgIpc) is 3.03. The fourth-order valence-corrected chi connectivity index (χ4v) is 3.05. The molecule has 1 aromatic heterocycles. The number of hydrogen-bond acceptors (Lipinski definition) is 5. The molecule has 7 nitrogen and oxygen atoms in total. The summed E-state index contributed by atoms with van der Waals surface area (Å²) in [5.74, 6) is 2.29. The number of ether oxygens (including phenoxy) is 1. The van der Waals surface area contributed by atoms with E-state index in [1.165, 1.54) is 11.1 Å². The quantitative estimate of drug-likeness (QED) is 0.337. The molecule has 160 valence electrons. The number of halogens is 1. The summed E-state index contributed by atoms with van der Waals surface area (Å²) in [6.07, 6.45) is 0. The molecule has 2 heterocycles. The monoisotopic (exact) mass is 513 g/mol. The summed E-state index contributed by atoms with van der Waals surface area (Å²) in [5.41, 5.74) is 3.44. The second-order valence-corrected chi connectivity index (χ2v) is 7.00. The van der Waals surface area contributed by atoms with Crippen LogP contribution in [0.25, 0.3) is 0 Å². The molecule has 0 bridgehead atoms. The van der Waals surface area contributed by atoms with Crippen molar-refractivity contribution < 1.29 is 9.15 Å². The number of oxazole rings is 1. The Morgan fingerprint density at radius 3 is 2.41 bits per heavy atom. The summed E-state index contributed by atoms with van der Waals surface area (Å²) in [6.45, 7) is 12.5. The highest BCUT2D eigenvalue weighted by atomic mass is 127. The zero-order valence-corrected chi connectivity index (χ0v) is 19.9. The van der Waals surface area contributed by atoms with Crippen LogP contribution in [0, 0.1) is 13.8 Å². The molecule has 8 heteroatoms. The van der Waals surface area contributed by atoms with Crippen LogP contribution in [0.1, 0.15) is 35.4 Å². The summed E-state index contributed by atoms with van der Waals surface area (Å²) < 4.78 is 11.0. The van der Waals surface area contributed by atoms with Crippen molar-refractivity contribution >= 4 is 29.9 Å². The Bertz CT molecular complexity index is 750. The van der Waals surface area contributed by atoms with Crippen molar-refractivity contribution in [3.8, 4) is 0 Å². The maximum atomic E-state index is 5.61. The number of aromatic nitrogens is 1. The third-order valence-electron chi connectivity index (χ3n) is 4.78. The normalized spacial score (nSPS) is 15.1. The number of aliphatic imine (C=N–C) groups is 1. The standard InChI is InChI=1S/C21H31N5O2.HI/c1-4-22-21(24-14-20-25-16(2)17(3)28-20)23-13-18-5-7-19(8-6-18)15-26-9-11-27-12-10-26;/h5-8H,4,9-15H2,1-3H3,(H2,22,23,24);1H. The van der Waals surface area contributed by atoms with E-state index in [4.69, 9.17) is 9.15 Å². The first kappa shape index (κ1) is 23.6. The first-order chi connectivity index (χ1) is 13.6. The minimum Gasteiger partial charge on any atom is -0.444 e. The van der Waals surface area contributed by atoms with Crippen LogP contribution < -0.4 is 10.6 Å². The lowest BCUT2D eigenvalue weighted by Gasteiger charge is -2.26. The molecule has 1 aliphatic rings. The molecular formula is C21H32IN5O2. The zero-order chi connectivity index (χ0) is 19.8. The molecule has 1 aromatic carbocycles. The third-order valence-corrected chi connectivity index (χ3v) is 4.78. The summed E-state index contributed by atoms with van der Waals surface area (Å²) >= 11 is 0. The minimum absolute atomic E-state index is 0. The predicted octanol–water partition coefficient (Wildman–Crippen LogP) is 3.00. The number of nitrogens with zero attached hydrogens (tertiary/aromatic N) is 3. The maximum absolute atomic E-state index is 5.61. The van der Waals surface area contributed by atoms with E-state index in [1.54, 1.807) is 0 Å². The number of aryl methyl sites for hydroxylation is 2. The maximum Gasteiger partial charge on any atom is 0.214 e. The average molecular weight is 513 g/mol. The van der Waals surface area contributed by atoms with E-state index in [0.717, 1.165) is 56.8 Å². The Labute approximate surface area is 190 Å². The van der Waals surface area contributed by atoms with Gasteiger partial charge in [0.2, 0.25) is 5.89 Å². The molecule has 0 amide bonds. The van der Waals surface area contributed by atoms with E-state index < -0.39 is 0 Å². The Hall–Kier alpha value is -1.65. The molecule has 0 radical (unpaired) electrons.